The molecule has 1 aliphatic rings. The quantitative estimate of drug-likeness (QED) is 0.323. The lowest BCUT2D eigenvalue weighted by atomic mass is 9.91. The summed E-state index contributed by atoms with van der Waals surface area (Å²) in [4.78, 5) is 4.43. The molecule has 0 saturated heterocycles. The zero-order valence-electron chi connectivity index (χ0n) is 19.0. The molecule has 0 radical (unpaired) electrons. The zero-order chi connectivity index (χ0) is 22.0. The van der Waals surface area contributed by atoms with Crippen molar-refractivity contribution in [3.05, 3.63) is 83.4 Å². The van der Waals surface area contributed by atoms with Crippen molar-refractivity contribution in [1.29, 1.82) is 0 Å². The summed E-state index contributed by atoms with van der Waals surface area (Å²) >= 11 is 0. The number of hydrogen-bond donors (Lipinski definition) is 2. The van der Waals surface area contributed by atoms with Crippen molar-refractivity contribution in [1.82, 2.24) is 25.4 Å². The molecule has 4 rings (SSSR count). The number of fused-ring (bicyclic) bond motifs is 1. The highest BCUT2D eigenvalue weighted by atomic mass is 15.3. The predicted octanol–water partition coefficient (Wildman–Crippen LogP) is 3.93. The molecule has 6 heteroatoms. The van der Waals surface area contributed by atoms with Crippen LogP contribution in [0.4, 0.5) is 0 Å². The molecule has 0 bridgehead atoms. The van der Waals surface area contributed by atoms with Crippen molar-refractivity contribution >= 4 is 5.96 Å². The molecule has 0 spiro atoms. The van der Waals surface area contributed by atoms with Gasteiger partial charge in [0.2, 0.25) is 0 Å². The fraction of sp³-hybridized carbons (Fsp3) is 0.423. The van der Waals surface area contributed by atoms with E-state index in [-0.39, 0.29) is 5.92 Å². The van der Waals surface area contributed by atoms with Gasteiger partial charge in [0.1, 0.15) is 11.6 Å². The third-order valence-corrected chi connectivity index (χ3v) is 6.16. The number of rotatable bonds is 8. The van der Waals surface area contributed by atoms with Crippen molar-refractivity contribution in [3.63, 3.8) is 0 Å². The van der Waals surface area contributed by atoms with Crippen molar-refractivity contribution in [2.45, 2.75) is 51.0 Å². The van der Waals surface area contributed by atoms with Crippen LogP contribution in [0.25, 0.3) is 0 Å². The Morgan fingerprint density at radius 3 is 2.34 bits per heavy atom. The highest BCUT2D eigenvalue weighted by Crippen LogP contribution is 2.23. The molecular formula is C26H34N6. The molecule has 0 unspecified atom stereocenters. The maximum Gasteiger partial charge on any atom is 0.191 e. The first-order valence-electron chi connectivity index (χ1n) is 11.8. The van der Waals surface area contributed by atoms with Gasteiger partial charge in [0.05, 0.1) is 0 Å². The highest BCUT2D eigenvalue weighted by Gasteiger charge is 2.15. The van der Waals surface area contributed by atoms with Gasteiger partial charge in [0, 0.05) is 45.4 Å². The molecule has 32 heavy (non-hydrogen) atoms. The Morgan fingerprint density at radius 2 is 1.66 bits per heavy atom. The number of nitrogens with zero attached hydrogens (tertiary/aromatic N) is 4. The van der Waals surface area contributed by atoms with Gasteiger partial charge in [-0.25, -0.2) is 0 Å². The molecule has 0 amide bonds. The summed E-state index contributed by atoms with van der Waals surface area (Å²) in [5.74, 6) is 3.39. The van der Waals surface area contributed by atoms with Crippen LogP contribution in [0.1, 0.15) is 54.4 Å². The standard InChI is InChI=1S/C26H34N6/c1-27-26(28-18-11-17-25-31-30-24-16-9-4-10-19-32(24)25)29-20-23(21-12-5-2-6-13-21)22-14-7-3-8-15-22/h2-3,5-8,12-15,23H,4,9-11,16-20H2,1H3,(H2,27,28,29). The normalized spacial score (nSPS) is 14.1. The van der Waals surface area contributed by atoms with Gasteiger partial charge in [0.15, 0.2) is 5.96 Å². The van der Waals surface area contributed by atoms with E-state index in [1.165, 1.54) is 30.4 Å². The fourth-order valence-electron chi connectivity index (χ4n) is 4.40. The van der Waals surface area contributed by atoms with Gasteiger partial charge >= 0.3 is 0 Å². The van der Waals surface area contributed by atoms with E-state index in [1.54, 1.807) is 0 Å². The van der Waals surface area contributed by atoms with E-state index < -0.39 is 0 Å². The van der Waals surface area contributed by atoms with Crippen LogP contribution >= 0.6 is 0 Å². The van der Waals surface area contributed by atoms with Crippen LogP contribution in [0, 0.1) is 0 Å². The average molecular weight is 431 g/mol. The van der Waals surface area contributed by atoms with Gasteiger partial charge in [-0.1, -0.05) is 67.1 Å². The van der Waals surface area contributed by atoms with E-state index in [2.05, 4.69) is 91.1 Å². The minimum atomic E-state index is 0.266. The summed E-state index contributed by atoms with van der Waals surface area (Å²) in [6.45, 7) is 2.70. The molecule has 6 nitrogen and oxygen atoms in total. The summed E-state index contributed by atoms with van der Waals surface area (Å²) in [7, 11) is 1.83. The Kier molecular flexibility index (Phi) is 7.90. The summed E-state index contributed by atoms with van der Waals surface area (Å²) in [5, 5.41) is 15.8. The van der Waals surface area contributed by atoms with Crippen LogP contribution in [0.5, 0.6) is 0 Å². The Labute approximate surface area is 191 Å². The third kappa shape index (κ3) is 5.75. The Balaban J connectivity index is 1.29. The molecule has 0 fully saturated rings. The molecule has 2 heterocycles. The number of guanidine groups is 1. The lowest BCUT2D eigenvalue weighted by molar-refractivity contribution is 0.593. The molecule has 1 aromatic heterocycles. The van der Waals surface area contributed by atoms with Crippen molar-refractivity contribution < 1.29 is 0 Å². The van der Waals surface area contributed by atoms with Crippen LogP contribution in [0.3, 0.4) is 0 Å². The topological polar surface area (TPSA) is 67.1 Å². The molecule has 0 aliphatic carbocycles. The number of aryl methyl sites for hydroxylation is 2. The van der Waals surface area contributed by atoms with E-state index >= 15 is 0 Å². The first-order valence-corrected chi connectivity index (χ1v) is 11.8. The number of aromatic nitrogens is 3. The summed E-state index contributed by atoms with van der Waals surface area (Å²) < 4.78 is 2.34. The van der Waals surface area contributed by atoms with Crippen molar-refractivity contribution in [2.75, 3.05) is 20.1 Å². The fourth-order valence-corrected chi connectivity index (χ4v) is 4.40. The molecule has 0 saturated carbocycles. The zero-order valence-corrected chi connectivity index (χ0v) is 19.0. The molecule has 2 N–H and O–H groups in total. The second-order valence-corrected chi connectivity index (χ2v) is 8.35. The van der Waals surface area contributed by atoms with Gasteiger partial charge in [-0.15, -0.1) is 10.2 Å². The van der Waals surface area contributed by atoms with Gasteiger partial charge in [-0.3, -0.25) is 4.99 Å². The van der Waals surface area contributed by atoms with Crippen LogP contribution in [-0.4, -0.2) is 40.9 Å². The van der Waals surface area contributed by atoms with Crippen LogP contribution in [0.15, 0.2) is 65.7 Å². The molecule has 3 aromatic rings. The van der Waals surface area contributed by atoms with Crippen molar-refractivity contribution in [2.24, 2.45) is 4.99 Å². The van der Waals surface area contributed by atoms with E-state index in [0.29, 0.717) is 0 Å². The third-order valence-electron chi connectivity index (χ3n) is 6.16. The number of hydrogen-bond acceptors (Lipinski definition) is 3. The largest absolute Gasteiger partial charge is 0.356 e. The van der Waals surface area contributed by atoms with Gasteiger partial charge in [-0.05, 0) is 30.4 Å². The molecule has 2 aromatic carbocycles. The maximum atomic E-state index is 4.44. The molecular weight excluding hydrogens is 396 g/mol. The smallest absolute Gasteiger partial charge is 0.191 e. The van der Waals surface area contributed by atoms with Gasteiger partial charge < -0.3 is 15.2 Å². The molecule has 1 aliphatic heterocycles. The van der Waals surface area contributed by atoms with Crippen LogP contribution < -0.4 is 10.6 Å². The summed E-state index contributed by atoms with van der Waals surface area (Å²) in [6, 6.07) is 21.3. The monoisotopic (exact) mass is 430 g/mol. The molecule has 168 valence electrons. The minimum Gasteiger partial charge on any atom is -0.356 e. The number of benzene rings is 2. The molecule has 0 atom stereocenters. The Hall–Kier alpha value is -3.15. The first-order chi connectivity index (χ1) is 15.8. The van der Waals surface area contributed by atoms with Gasteiger partial charge in [0.25, 0.3) is 0 Å². The average Bonchev–Trinajstić information content (AvgIpc) is 3.07. The lowest BCUT2D eigenvalue weighted by Crippen LogP contribution is -2.40. The van der Waals surface area contributed by atoms with E-state index in [4.69, 9.17) is 0 Å². The van der Waals surface area contributed by atoms with Crippen molar-refractivity contribution in [3.8, 4) is 0 Å². The minimum absolute atomic E-state index is 0.266. The maximum absolute atomic E-state index is 4.44. The Morgan fingerprint density at radius 1 is 0.938 bits per heavy atom. The Bertz CT molecular complexity index is 941. The van der Waals surface area contributed by atoms with Crippen LogP contribution in [-0.2, 0) is 19.4 Å². The number of aliphatic imine (C=N–C) groups is 1. The second-order valence-electron chi connectivity index (χ2n) is 8.35. The predicted molar refractivity (Wildman–Crippen MR) is 130 cm³/mol. The SMILES string of the molecule is CN=C(NCCCc1nnc2n1CCCCC2)NCC(c1ccccc1)c1ccccc1. The van der Waals surface area contributed by atoms with E-state index in [1.807, 2.05) is 7.05 Å². The van der Waals surface area contributed by atoms with Crippen LogP contribution in [0.2, 0.25) is 0 Å². The van der Waals surface area contributed by atoms with Gasteiger partial charge in [-0.2, -0.15) is 0 Å². The first kappa shape index (κ1) is 22.1. The number of nitrogens with one attached hydrogen (secondary N) is 2. The summed E-state index contributed by atoms with van der Waals surface area (Å²) in [6.07, 6.45) is 6.75. The highest BCUT2D eigenvalue weighted by molar-refractivity contribution is 5.79. The van der Waals surface area contributed by atoms with E-state index in [0.717, 1.165) is 56.5 Å². The second kappa shape index (κ2) is 11.5. The lowest BCUT2D eigenvalue weighted by Gasteiger charge is -2.20. The summed E-state index contributed by atoms with van der Waals surface area (Å²) in [5.41, 5.74) is 2.60. The van der Waals surface area contributed by atoms with E-state index in [9.17, 15) is 0 Å².